The van der Waals surface area contributed by atoms with E-state index < -0.39 is 4.21 Å². The van der Waals surface area contributed by atoms with Gasteiger partial charge in [-0.05, 0) is 19.8 Å². The van der Waals surface area contributed by atoms with Crippen LogP contribution in [0.3, 0.4) is 0 Å². The highest BCUT2D eigenvalue weighted by Gasteiger charge is 2.19. The molecule has 0 aromatic carbocycles. The molecule has 0 bridgehead atoms. The number of nitrogens with zero attached hydrogens (tertiary/aromatic N) is 1. The Morgan fingerprint density at radius 3 is 2.56 bits per heavy atom. The summed E-state index contributed by atoms with van der Waals surface area (Å²) in [5.74, 6) is 0. The van der Waals surface area contributed by atoms with Gasteiger partial charge >= 0.3 is 0 Å². The monoisotopic (exact) mass is 148 g/mol. The Hall–Kier alpha value is 0.230. The molecule has 1 unspecified atom stereocenters. The summed E-state index contributed by atoms with van der Waals surface area (Å²) in [6.45, 7) is 2.15. The molecule has 0 spiro atoms. The van der Waals surface area contributed by atoms with Gasteiger partial charge in [0.15, 0.2) is 0 Å². The molecule has 1 rings (SSSR count). The van der Waals surface area contributed by atoms with E-state index in [-0.39, 0.29) is 11.8 Å². The normalized spacial score (nSPS) is 34.3. The largest absolute Gasteiger partial charge is 0.619 e. The SMILES string of the molecule is CC1CCC[N+]([O-])([O-])S1. The van der Waals surface area contributed by atoms with E-state index in [9.17, 15) is 10.4 Å². The fourth-order valence-corrected chi connectivity index (χ4v) is 2.01. The van der Waals surface area contributed by atoms with Crippen LogP contribution in [0.1, 0.15) is 19.8 Å². The lowest BCUT2D eigenvalue weighted by Gasteiger charge is -2.48. The van der Waals surface area contributed by atoms with Crippen molar-refractivity contribution in [1.82, 2.24) is 0 Å². The molecule has 4 heteroatoms. The first-order valence-corrected chi connectivity index (χ1v) is 3.92. The van der Waals surface area contributed by atoms with Crippen molar-refractivity contribution in [2.45, 2.75) is 25.0 Å². The Balaban J connectivity index is 2.41. The van der Waals surface area contributed by atoms with Gasteiger partial charge in [-0.3, -0.25) is 0 Å². The third-order valence-electron chi connectivity index (χ3n) is 1.38. The second-order valence-corrected chi connectivity index (χ2v) is 3.96. The van der Waals surface area contributed by atoms with Gasteiger partial charge in [-0.2, -0.15) is 0 Å². The number of hydrogen-bond acceptors (Lipinski definition) is 3. The molecule has 0 aliphatic carbocycles. The van der Waals surface area contributed by atoms with Crippen molar-refractivity contribution in [3.63, 3.8) is 0 Å². The predicted octanol–water partition coefficient (Wildman–Crippen LogP) is 1.63. The van der Waals surface area contributed by atoms with Gasteiger partial charge < -0.3 is 14.6 Å². The van der Waals surface area contributed by atoms with Crippen LogP contribution >= 0.6 is 11.9 Å². The predicted molar refractivity (Wildman–Crippen MR) is 38.1 cm³/mol. The van der Waals surface area contributed by atoms with Crippen molar-refractivity contribution >= 4 is 11.9 Å². The molecule has 1 saturated heterocycles. The highest BCUT2D eigenvalue weighted by atomic mass is 32.2. The van der Waals surface area contributed by atoms with Crippen LogP contribution < -0.4 is 0 Å². The first kappa shape index (κ1) is 7.34. The minimum atomic E-state index is -1.35. The van der Waals surface area contributed by atoms with E-state index in [2.05, 4.69) is 0 Å². The van der Waals surface area contributed by atoms with Crippen molar-refractivity contribution < 1.29 is 4.21 Å². The first-order valence-electron chi connectivity index (χ1n) is 3.09. The maximum absolute atomic E-state index is 10.7. The van der Waals surface area contributed by atoms with Crippen LogP contribution in [0.25, 0.3) is 0 Å². The number of hydrogen-bond donors (Lipinski definition) is 0. The molecule has 1 heterocycles. The van der Waals surface area contributed by atoms with E-state index in [0.717, 1.165) is 24.8 Å². The van der Waals surface area contributed by atoms with E-state index >= 15 is 0 Å². The zero-order valence-electron chi connectivity index (χ0n) is 5.37. The third-order valence-corrected chi connectivity index (χ3v) is 2.48. The number of quaternary nitrogens is 1. The summed E-state index contributed by atoms with van der Waals surface area (Å²) in [5.41, 5.74) is 0. The summed E-state index contributed by atoms with van der Waals surface area (Å²) in [7, 11) is 0. The summed E-state index contributed by atoms with van der Waals surface area (Å²) in [5, 5.41) is 21.6. The molecule has 1 aliphatic heterocycles. The van der Waals surface area contributed by atoms with Gasteiger partial charge in [0.1, 0.15) is 0 Å². The first-order chi connectivity index (χ1) is 4.10. The summed E-state index contributed by atoms with van der Waals surface area (Å²) < 4.78 is -1.35. The molecular formula is C5H10NO2S-. The molecule has 9 heavy (non-hydrogen) atoms. The van der Waals surface area contributed by atoms with Gasteiger partial charge in [0.25, 0.3) is 0 Å². The van der Waals surface area contributed by atoms with Gasteiger partial charge in [-0.1, -0.05) is 0 Å². The Morgan fingerprint density at radius 2 is 2.22 bits per heavy atom. The minimum absolute atomic E-state index is 0.231. The molecule has 1 aliphatic rings. The molecular weight excluding hydrogens is 138 g/mol. The lowest BCUT2D eigenvalue weighted by Crippen LogP contribution is -2.34. The second kappa shape index (κ2) is 2.46. The molecule has 54 valence electrons. The van der Waals surface area contributed by atoms with Crippen molar-refractivity contribution in [3.8, 4) is 0 Å². The number of hydroxylamine groups is 2. The Bertz CT molecular complexity index is 107. The summed E-state index contributed by atoms with van der Waals surface area (Å²) in [6, 6.07) is 0. The van der Waals surface area contributed by atoms with Crippen molar-refractivity contribution in [1.29, 1.82) is 0 Å². The van der Waals surface area contributed by atoms with E-state index in [0.29, 0.717) is 0 Å². The highest BCUT2D eigenvalue weighted by molar-refractivity contribution is 7.94. The van der Waals surface area contributed by atoms with Crippen LogP contribution in [0, 0.1) is 10.4 Å². The van der Waals surface area contributed by atoms with Crippen molar-refractivity contribution in [2.75, 3.05) is 6.54 Å². The van der Waals surface area contributed by atoms with Gasteiger partial charge in [0, 0.05) is 0 Å². The Morgan fingerprint density at radius 1 is 1.56 bits per heavy atom. The molecule has 3 nitrogen and oxygen atoms in total. The van der Waals surface area contributed by atoms with Crippen LogP contribution in [-0.2, 0) is 0 Å². The maximum Gasteiger partial charge on any atom is 0.0888 e. The Labute approximate surface area is 58.9 Å². The van der Waals surface area contributed by atoms with Crippen LogP contribution in [0.2, 0.25) is 0 Å². The van der Waals surface area contributed by atoms with Crippen molar-refractivity contribution in [3.05, 3.63) is 10.4 Å². The van der Waals surface area contributed by atoms with E-state index in [1.54, 1.807) is 0 Å². The van der Waals surface area contributed by atoms with E-state index in [4.69, 9.17) is 0 Å². The molecule has 0 saturated carbocycles. The van der Waals surface area contributed by atoms with Gasteiger partial charge in [-0.15, -0.1) is 0 Å². The van der Waals surface area contributed by atoms with Gasteiger partial charge in [0.2, 0.25) is 0 Å². The lowest BCUT2D eigenvalue weighted by atomic mass is 10.2. The van der Waals surface area contributed by atoms with E-state index in [1.165, 1.54) is 0 Å². The fraction of sp³-hybridized carbons (Fsp3) is 1.00. The standard InChI is InChI=1S/C5H10NO2S/c1-5-3-2-4-6(7,8)9-5/h5H,2-4H2,1H3/q-1. The quantitative estimate of drug-likeness (QED) is 0.298. The van der Waals surface area contributed by atoms with Crippen LogP contribution in [0.4, 0.5) is 0 Å². The van der Waals surface area contributed by atoms with Crippen molar-refractivity contribution in [2.24, 2.45) is 0 Å². The minimum Gasteiger partial charge on any atom is -0.619 e. The topological polar surface area (TPSA) is 46.1 Å². The smallest absolute Gasteiger partial charge is 0.0888 e. The lowest BCUT2D eigenvalue weighted by molar-refractivity contribution is -0.686. The van der Waals surface area contributed by atoms with Crippen LogP contribution in [-0.4, -0.2) is 16.0 Å². The van der Waals surface area contributed by atoms with Crippen LogP contribution in [0.15, 0.2) is 0 Å². The fourth-order valence-electron chi connectivity index (χ4n) is 0.952. The molecule has 0 aromatic rings. The molecule has 0 aromatic heterocycles. The highest BCUT2D eigenvalue weighted by Crippen LogP contribution is 2.32. The third kappa shape index (κ3) is 2.14. The molecule has 0 radical (unpaired) electrons. The molecule has 1 fully saturated rings. The average Bonchev–Trinajstić information content (AvgIpc) is 1.60. The maximum atomic E-state index is 10.7. The average molecular weight is 148 g/mol. The number of rotatable bonds is 0. The van der Waals surface area contributed by atoms with Crippen LogP contribution in [0.5, 0.6) is 0 Å². The second-order valence-electron chi connectivity index (χ2n) is 2.39. The molecule has 1 atom stereocenters. The van der Waals surface area contributed by atoms with Gasteiger partial charge in [-0.25, -0.2) is 0 Å². The Kier molecular flexibility index (Phi) is 2.00. The zero-order valence-corrected chi connectivity index (χ0v) is 6.19. The molecule has 0 N–H and O–H groups in total. The summed E-state index contributed by atoms with van der Waals surface area (Å²) in [4.78, 5) is 0. The zero-order chi connectivity index (χ0) is 6.91. The summed E-state index contributed by atoms with van der Waals surface area (Å²) in [6.07, 6.45) is 1.79. The molecule has 0 amide bonds. The summed E-state index contributed by atoms with van der Waals surface area (Å²) >= 11 is 0.970. The van der Waals surface area contributed by atoms with Gasteiger partial charge in [0.05, 0.1) is 23.7 Å². The van der Waals surface area contributed by atoms with E-state index in [1.807, 2.05) is 6.92 Å².